The van der Waals surface area contributed by atoms with Gasteiger partial charge >= 0.3 is 5.97 Å². The Hall–Kier alpha value is -0.570. The lowest BCUT2D eigenvalue weighted by Gasteiger charge is -2.48. The fraction of sp³-hybridized carbons (Fsp3) is 0.929. The lowest BCUT2D eigenvalue weighted by Crippen LogP contribution is -2.56. The van der Waals surface area contributed by atoms with Crippen LogP contribution in [0.4, 0.5) is 0 Å². The molecule has 0 aromatic carbocycles. The zero-order chi connectivity index (χ0) is 13.1. The van der Waals surface area contributed by atoms with Crippen LogP contribution in [0.15, 0.2) is 0 Å². The Morgan fingerprint density at radius 3 is 2.71 bits per heavy atom. The Kier molecular flexibility index (Phi) is 4.99. The summed E-state index contributed by atoms with van der Waals surface area (Å²) in [5, 5.41) is 0. The molecule has 100 valence electrons. The Bertz CT molecular complexity index is 263. The zero-order valence-electron chi connectivity index (χ0n) is 12.0. The quantitative estimate of drug-likeness (QED) is 0.709. The van der Waals surface area contributed by atoms with E-state index in [1.165, 1.54) is 0 Å². The second-order valence-corrected chi connectivity index (χ2v) is 5.78. The number of carbonyl (C=O) groups is 1. The summed E-state index contributed by atoms with van der Waals surface area (Å²) in [4.78, 5) is 14.0. The Balaban J connectivity index is 2.52. The molecule has 0 aliphatic carbocycles. The van der Waals surface area contributed by atoms with Crippen molar-refractivity contribution in [2.24, 2.45) is 5.92 Å². The molecule has 0 saturated carbocycles. The van der Waals surface area contributed by atoms with Crippen LogP contribution in [0.1, 0.15) is 53.4 Å². The zero-order valence-corrected chi connectivity index (χ0v) is 12.0. The van der Waals surface area contributed by atoms with E-state index in [0.29, 0.717) is 12.3 Å². The summed E-state index contributed by atoms with van der Waals surface area (Å²) < 4.78 is 5.62. The summed E-state index contributed by atoms with van der Waals surface area (Å²) in [6.07, 6.45) is 3.59. The van der Waals surface area contributed by atoms with Crippen molar-refractivity contribution in [3.63, 3.8) is 0 Å². The fourth-order valence-electron chi connectivity index (χ4n) is 2.37. The molecule has 1 heterocycles. The van der Waals surface area contributed by atoms with E-state index in [1.54, 1.807) is 0 Å². The molecule has 2 unspecified atom stereocenters. The first-order chi connectivity index (χ1) is 7.89. The third kappa shape index (κ3) is 3.44. The van der Waals surface area contributed by atoms with Crippen LogP contribution in [0, 0.1) is 5.92 Å². The molecule has 3 nitrogen and oxygen atoms in total. The van der Waals surface area contributed by atoms with E-state index < -0.39 is 0 Å². The van der Waals surface area contributed by atoms with Gasteiger partial charge in [0.1, 0.15) is 6.10 Å². The van der Waals surface area contributed by atoms with Gasteiger partial charge in [0.05, 0.1) is 0 Å². The summed E-state index contributed by atoms with van der Waals surface area (Å²) in [7, 11) is 2.14. The van der Waals surface area contributed by atoms with Gasteiger partial charge in [0.15, 0.2) is 0 Å². The van der Waals surface area contributed by atoms with Crippen molar-refractivity contribution >= 4 is 5.97 Å². The van der Waals surface area contributed by atoms with Crippen molar-refractivity contribution in [1.29, 1.82) is 0 Å². The van der Waals surface area contributed by atoms with E-state index in [1.807, 2.05) is 0 Å². The van der Waals surface area contributed by atoms with Gasteiger partial charge < -0.3 is 9.64 Å². The van der Waals surface area contributed by atoms with Crippen LogP contribution >= 0.6 is 0 Å². The molecule has 1 aliphatic rings. The van der Waals surface area contributed by atoms with E-state index >= 15 is 0 Å². The molecule has 0 amide bonds. The van der Waals surface area contributed by atoms with Crippen molar-refractivity contribution in [2.75, 3.05) is 13.6 Å². The van der Waals surface area contributed by atoms with Gasteiger partial charge in [-0.05, 0) is 33.7 Å². The van der Waals surface area contributed by atoms with E-state index in [4.69, 9.17) is 4.74 Å². The summed E-state index contributed by atoms with van der Waals surface area (Å²) in [5.74, 6) is 0.357. The molecule has 1 saturated heterocycles. The standard InChI is InChI=1S/C14H27NO2/c1-6-7-8-13(16)17-12-9-10-15(5)14(3,4)11(12)2/h11-12H,6-10H2,1-5H3. The smallest absolute Gasteiger partial charge is 0.306 e. The van der Waals surface area contributed by atoms with Gasteiger partial charge in [0.25, 0.3) is 0 Å². The summed E-state index contributed by atoms with van der Waals surface area (Å²) in [6.45, 7) is 9.73. The number of likely N-dealkylation sites (tertiary alicyclic amines) is 1. The average Bonchev–Trinajstić information content (AvgIpc) is 2.28. The second-order valence-electron chi connectivity index (χ2n) is 5.78. The molecule has 2 atom stereocenters. The maximum atomic E-state index is 11.7. The van der Waals surface area contributed by atoms with Gasteiger partial charge in [-0.2, -0.15) is 0 Å². The SMILES string of the molecule is CCCCC(=O)OC1CCN(C)C(C)(C)C1C. The first-order valence-electron chi connectivity index (χ1n) is 6.80. The van der Waals surface area contributed by atoms with Crippen molar-refractivity contribution in [1.82, 2.24) is 4.90 Å². The highest BCUT2D eigenvalue weighted by Crippen LogP contribution is 2.33. The van der Waals surface area contributed by atoms with E-state index in [0.717, 1.165) is 25.8 Å². The molecule has 1 fully saturated rings. The molecular weight excluding hydrogens is 214 g/mol. The topological polar surface area (TPSA) is 29.5 Å². The summed E-state index contributed by atoms with van der Waals surface area (Å²) in [5.41, 5.74) is 0.105. The van der Waals surface area contributed by atoms with Gasteiger partial charge in [-0.3, -0.25) is 4.79 Å². The van der Waals surface area contributed by atoms with Crippen molar-refractivity contribution in [3.8, 4) is 0 Å². The van der Waals surface area contributed by atoms with Crippen LogP contribution in [0.25, 0.3) is 0 Å². The summed E-state index contributed by atoms with van der Waals surface area (Å²) >= 11 is 0. The molecule has 1 aliphatic heterocycles. The maximum Gasteiger partial charge on any atom is 0.306 e. The molecule has 0 radical (unpaired) electrons. The lowest BCUT2D eigenvalue weighted by molar-refractivity contribution is -0.159. The van der Waals surface area contributed by atoms with Crippen LogP contribution in [-0.4, -0.2) is 36.1 Å². The van der Waals surface area contributed by atoms with Crippen molar-refractivity contribution < 1.29 is 9.53 Å². The van der Waals surface area contributed by atoms with E-state index in [9.17, 15) is 4.79 Å². The number of piperidine rings is 1. The van der Waals surface area contributed by atoms with E-state index in [2.05, 4.69) is 39.6 Å². The van der Waals surface area contributed by atoms with E-state index in [-0.39, 0.29) is 17.6 Å². The van der Waals surface area contributed by atoms with Crippen LogP contribution < -0.4 is 0 Å². The highest BCUT2D eigenvalue weighted by Gasteiger charge is 2.41. The molecular formula is C14H27NO2. The molecule has 0 N–H and O–H groups in total. The highest BCUT2D eigenvalue weighted by molar-refractivity contribution is 5.69. The van der Waals surface area contributed by atoms with Crippen LogP contribution in [0.2, 0.25) is 0 Å². The first-order valence-corrected chi connectivity index (χ1v) is 6.80. The number of carbonyl (C=O) groups excluding carboxylic acids is 1. The average molecular weight is 241 g/mol. The predicted molar refractivity (Wildman–Crippen MR) is 69.9 cm³/mol. The third-order valence-electron chi connectivity index (χ3n) is 4.42. The van der Waals surface area contributed by atoms with Crippen LogP contribution in [0.5, 0.6) is 0 Å². The van der Waals surface area contributed by atoms with Crippen molar-refractivity contribution in [3.05, 3.63) is 0 Å². The van der Waals surface area contributed by atoms with Gasteiger partial charge in [-0.15, -0.1) is 0 Å². The van der Waals surface area contributed by atoms with Crippen LogP contribution in [-0.2, 0) is 9.53 Å². The first kappa shape index (κ1) is 14.5. The van der Waals surface area contributed by atoms with Gasteiger partial charge in [-0.25, -0.2) is 0 Å². The van der Waals surface area contributed by atoms with Gasteiger partial charge in [-0.1, -0.05) is 20.3 Å². The third-order valence-corrected chi connectivity index (χ3v) is 4.42. The highest BCUT2D eigenvalue weighted by atomic mass is 16.5. The molecule has 0 spiro atoms. The lowest BCUT2D eigenvalue weighted by atomic mass is 9.79. The minimum Gasteiger partial charge on any atom is -0.462 e. The number of unbranched alkanes of at least 4 members (excludes halogenated alkanes) is 1. The Morgan fingerprint density at radius 2 is 2.12 bits per heavy atom. The minimum absolute atomic E-state index is 0.0240. The number of hydrogen-bond acceptors (Lipinski definition) is 3. The predicted octanol–water partition coefficient (Wildman–Crippen LogP) is 2.84. The summed E-state index contributed by atoms with van der Waals surface area (Å²) in [6, 6.07) is 0. The van der Waals surface area contributed by atoms with Gasteiger partial charge in [0, 0.05) is 24.4 Å². The Labute approximate surface area is 106 Å². The molecule has 0 aromatic heterocycles. The molecule has 17 heavy (non-hydrogen) atoms. The van der Waals surface area contributed by atoms with Crippen LogP contribution in [0.3, 0.4) is 0 Å². The number of ether oxygens (including phenoxy) is 1. The maximum absolute atomic E-state index is 11.7. The normalized spacial score (nSPS) is 29.0. The van der Waals surface area contributed by atoms with Crippen molar-refractivity contribution in [2.45, 2.75) is 65.0 Å². The number of rotatable bonds is 4. The number of nitrogens with zero attached hydrogens (tertiary/aromatic N) is 1. The van der Waals surface area contributed by atoms with Gasteiger partial charge in [0.2, 0.25) is 0 Å². The Morgan fingerprint density at radius 1 is 1.47 bits per heavy atom. The molecule has 0 bridgehead atoms. The minimum atomic E-state index is -0.0240. The fourth-order valence-corrected chi connectivity index (χ4v) is 2.37. The second kappa shape index (κ2) is 5.85. The molecule has 3 heteroatoms. The number of esters is 1. The molecule has 0 aromatic rings. The largest absolute Gasteiger partial charge is 0.462 e. The number of hydrogen-bond donors (Lipinski definition) is 0. The monoisotopic (exact) mass is 241 g/mol. The molecule has 1 rings (SSSR count).